The van der Waals surface area contributed by atoms with Crippen molar-refractivity contribution in [3.63, 3.8) is 0 Å². The molecule has 0 fully saturated rings. The molecule has 4 nitrogen and oxygen atoms in total. The Kier molecular flexibility index (Phi) is 5.79. The summed E-state index contributed by atoms with van der Waals surface area (Å²) in [5.74, 6) is -2.23. The summed E-state index contributed by atoms with van der Waals surface area (Å²) < 4.78 is 14.0. The third-order valence-corrected chi connectivity index (χ3v) is 1.82. The third-order valence-electron chi connectivity index (χ3n) is 1.82. The summed E-state index contributed by atoms with van der Waals surface area (Å²) in [7, 11) is 0. The number of carboxylic acids is 1. The van der Waals surface area contributed by atoms with Gasteiger partial charge in [0.1, 0.15) is 6.50 Å². The van der Waals surface area contributed by atoms with Crippen molar-refractivity contribution in [3.8, 4) is 0 Å². The van der Waals surface area contributed by atoms with E-state index in [0.29, 0.717) is 6.42 Å². The average molecular weight is 203 g/mol. The molecule has 0 atom stereocenters. The van der Waals surface area contributed by atoms with Crippen molar-refractivity contribution >= 4 is 11.9 Å². The minimum atomic E-state index is -2.67. The first-order valence-corrected chi connectivity index (χ1v) is 4.94. The van der Waals surface area contributed by atoms with Crippen LogP contribution in [0.4, 0.5) is 0 Å². The summed E-state index contributed by atoms with van der Waals surface area (Å²) in [5.41, 5.74) is 0. The van der Waals surface area contributed by atoms with Crippen LogP contribution in [-0.4, -0.2) is 23.5 Å². The van der Waals surface area contributed by atoms with Gasteiger partial charge in [-0.15, -0.1) is 0 Å². The topological polar surface area (TPSA) is 66.4 Å². The third kappa shape index (κ3) is 9.03. The normalized spacial score (nSPS) is 12.9. The summed E-state index contributed by atoms with van der Waals surface area (Å²) in [5, 5.41) is 10.3. The fraction of sp³-hybridized carbons (Fsp3) is 0.800. The highest BCUT2D eigenvalue weighted by Crippen LogP contribution is 2.04. The Morgan fingerprint density at radius 2 is 1.93 bits per heavy atom. The van der Waals surface area contributed by atoms with Crippen molar-refractivity contribution < 1.29 is 17.4 Å². The van der Waals surface area contributed by atoms with E-state index in [-0.39, 0.29) is 6.42 Å². The van der Waals surface area contributed by atoms with Crippen molar-refractivity contribution in [1.29, 1.82) is 0 Å². The molecule has 82 valence electrons. The van der Waals surface area contributed by atoms with Gasteiger partial charge in [-0.25, -0.2) is 0 Å². The van der Waals surface area contributed by atoms with E-state index in [4.69, 9.17) is 7.85 Å². The van der Waals surface area contributed by atoms with Crippen LogP contribution in [0.5, 0.6) is 0 Å². The Balaban J connectivity index is 3.71. The monoisotopic (exact) mass is 203 g/mol. The van der Waals surface area contributed by atoms with E-state index in [9.17, 15) is 9.59 Å². The van der Waals surface area contributed by atoms with Gasteiger partial charge in [-0.1, -0.05) is 32.6 Å². The molecule has 0 aliphatic carbocycles. The molecule has 0 saturated carbocycles. The second-order valence-corrected chi connectivity index (χ2v) is 3.14. The lowest BCUT2D eigenvalue weighted by Crippen LogP contribution is -2.28. The molecule has 0 aliphatic rings. The smallest absolute Gasteiger partial charge is 0.322 e. The van der Waals surface area contributed by atoms with Crippen LogP contribution in [-0.2, 0) is 9.59 Å². The van der Waals surface area contributed by atoms with Gasteiger partial charge in [-0.05, 0) is 6.42 Å². The number of carbonyl (C=O) groups excluding carboxylic acids is 1. The van der Waals surface area contributed by atoms with Gasteiger partial charge in [-0.3, -0.25) is 9.59 Å². The van der Waals surface area contributed by atoms with E-state index in [2.05, 4.69) is 6.92 Å². The molecule has 0 heterocycles. The molecule has 0 rings (SSSR count). The van der Waals surface area contributed by atoms with Crippen LogP contribution < -0.4 is 5.32 Å². The van der Waals surface area contributed by atoms with Crippen LogP contribution in [0.15, 0.2) is 0 Å². The number of hydrogen-bond donors (Lipinski definition) is 2. The van der Waals surface area contributed by atoms with Gasteiger partial charge in [0.2, 0.25) is 5.91 Å². The number of hydrogen-bond acceptors (Lipinski definition) is 2. The quantitative estimate of drug-likeness (QED) is 0.588. The Hall–Kier alpha value is -1.06. The van der Waals surface area contributed by atoms with E-state index in [1.165, 1.54) is 0 Å². The highest BCUT2D eigenvalue weighted by Gasteiger charge is 2.02. The lowest BCUT2D eigenvalue weighted by atomic mass is 10.1. The summed E-state index contributed by atoms with van der Waals surface area (Å²) in [6, 6.07) is 0. The molecule has 0 spiro atoms. The molecule has 0 aliphatic heterocycles. The molecule has 0 aromatic heterocycles. The molecular formula is C10H19NO3. The predicted molar refractivity (Wildman–Crippen MR) is 54.0 cm³/mol. The van der Waals surface area contributed by atoms with Crippen molar-refractivity contribution in [2.75, 3.05) is 6.50 Å². The fourth-order valence-electron chi connectivity index (χ4n) is 1.07. The van der Waals surface area contributed by atoms with Crippen LogP contribution >= 0.6 is 0 Å². The van der Waals surface area contributed by atoms with E-state index in [1.54, 1.807) is 0 Å². The van der Waals surface area contributed by atoms with Gasteiger partial charge in [0.25, 0.3) is 0 Å². The predicted octanol–water partition coefficient (Wildman–Crippen LogP) is 1.55. The van der Waals surface area contributed by atoms with Gasteiger partial charge >= 0.3 is 5.97 Å². The minimum absolute atomic E-state index is 0.177. The number of carboxylic acid groups (broad SMARTS) is 1. The van der Waals surface area contributed by atoms with Crippen LogP contribution in [0.3, 0.4) is 0 Å². The van der Waals surface area contributed by atoms with E-state index >= 15 is 0 Å². The summed E-state index contributed by atoms with van der Waals surface area (Å²) >= 11 is 0. The molecule has 2 N–H and O–H groups in total. The molecule has 0 unspecified atom stereocenters. The summed E-state index contributed by atoms with van der Waals surface area (Å²) in [6.45, 7) is -0.575. The maximum absolute atomic E-state index is 11.2. The zero-order valence-electron chi connectivity index (χ0n) is 10.5. The zero-order valence-corrected chi connectivity index (χ0v) is 8.51. The molecule has 0 radical (unpaired) electrons. The highest BCUT2D eigenvalue weighted by atomic mass is 16.4. The van der Waals surface area contributed by atoms with Gasteiger partial charge < -0.3 is 10.4 Å². The largest absolute Gasteiger partial charge is 0.480 e. The molecule has 0 bridgehead atoms. The van der Waals surface area contributed by atoms with E-state index in [1.807, 2.05) is 5.32 Å². The Labute approximate surface area is 87.5 Å². The van der Waals surface area contributed by atoms with Gasteiger partial charge in [0, 0.05) is 6.42 Å². The zero-order chi connectivity index (χ0) is 12.6. The van der Waals surface area contributed by atoms with E-state index < -0.39 is 18.4 Å². The van der Waals surface area contributed by atoms with E-state index in [0.717, 1.165) is 25.7 Å². The molecule has 0 aromatic carbocycles. The molecule has 14 heavy (non-hydrogen) atoms. The second-order valence-electron chi connectivity index (χ2n) is 3.14. The maximum Gasteiger partial charge on any atom is 0.322 e. The van der Waals surface area contributed by atoms with Gasteiger partial charge in [0.15, 0.2) is 0 Å². The number of unbranched alkanes of at least 4 members (excludes halogenated alkanes) is 4. The lowest BCUT2D eigenvalue weighted by Gasteiger charge is -2.01. The maximum atomic E-state index is 11.2. The van der Waals surface area contributed by atoms with Gasteiger partial charge in [0.05, 0.1) is 2.74 Å². The average Bonchev–Trinajstić information content (AvgIpc) is 2.16. The molecule has 1 amide bonds. The fourth-order valence-corrected chi connectivity index (χ4v) is 1.07. The summed E-state index contributed by atoms with van der Waals surface area (Å²) in [4.78, 5) is 21.6. The Morgan fingerprint density at radius 3 is 2.50 bits per heavy atom. The molecule has 4 heteroatoms. The summed E-state index contributed by atoms with van der Waals surface area (Å²) in [6.07, 6.45) is 5.05. The van der Waals surface area contributed by atoms with Crippen LogP contribution in [0.2, 0.25) is 0 Å². The van der Waals surface area contributed by atoms with Crippen molar-refractivity contribution in [3.05, 3.63) is 0 Å². The van der Waals surface area contributed by atoms with Crippen LogP contribution in [0.1, 0.15) is 48.2 Å². The lowest BCUT2D eigenvalue weighted by molar-refractivity contribution is -0.137. The second kappa shape index (κ2) is 8.53. The van der Waals surface area contributed by atoms with Crippen molar-refractivity contribution in [1.82, 2.24) is 5.32 Å². The molecular weight excluding hydrogens is 182 g/mol. The number of rotatable bonds is 8. The SMILES string of the molecule is [2H]C([2H])(NC(=O)CCCCCCC)C(=O)O. The number of aliphatic carboxylic acids is 1. The number of nitrogens with one attached hydrogen (secondary N) is 1. The van der Waals surface area contributed by atoms with Crippen molar-refractivity contribution in [2.45, 2.75) is 45.4 Å². The van der Waals surface area contributed by atoms with Gasteiger partial charge in [-0.2, -0.15) is 0 Å². The van der Waals surface area contributed by atoms with Crippen molar-refractivity contribution in [2.24, 2.45) is 0 Å². The minimum Gasteiger partial charge on any atom is -0.480 e. The first-order valence-electron chi connectivity index (χ1n) is 5.94. The number of carbonyl (C=O) groups is 2. The molecule has 0 saturated heterocycles. The molecule has 0 aromatic rings. The first kappa shape index (κ1) is 9.49. The number of amides is 1. The first-order chi connectivity index (χ1) is 7.40. The van der Waals surface area contributed by atoms with Crippen LogP contribution in [0.25, 0.3) is 0 Å². The Bertz CT molecular complexity index is 244. The standard InChI is InChI=1S/C10H19NO3/c1-2-3-4-5-6-7-9(12)11-8-10(13)14/h2-8H2,1H3,(H,11,12)(H,13,14)/i8D2. The van der Waals surface area contributed by atoms with Crippen LogP contribution in [0, 0.1) is 0 Å². The highest BCUT2D eigenvalue weighted by molar-refractivity contribution is 5.80. The Morgan fingerprint density at radius 1 is 1.29 bits per heavy atom.